The minimum absolute atomic E-state index is 0.0524. The number of hydrogen-bond donors (Lipinski definition) is 1. The molecule has 6 heteroatoms. The largest absolute Gasteiger partial charge is 0.473 e. The van der Waals surface area contributed by atoms with Crippen molar-refractivity contribution in [1.82, 2.24) is 14.9 Å². The molecule has 21 heavy (non-hydrogen) atoms. The van der Waals surface area contributed by atoms with Crippen LogP contribution in [0.3, 0.4) is 0 Å². The Labute approximate surface area is 124 Å². The second-order valence-electron chi connectivity index (χ2n) is 6.07. The van der Waals surface area contributed by atoms with Crippen LogP contribution in [0.15, 0.2) is 18.6 Å². The first kappa shape index (κ1) is 14.3. The molecule has 3 rings (SSSR count). The number of hydrogen-bond acceptors (Lipinski definition) is 5. The van der Waals surface area contributed by atoms with E-state index in [-0.39, 0.29) is 17.9 Å². The normalized spacial score (nSPS) is 22.7. The maximum absolute atomic E-state index is 12.4. The van der Waals surface area contributed by atoms with Crippen LogP contribution in [0.4, 0.5) is 0 Å². The van der Waals surface area contributed by atoms with Crippen LogP contribution in [-0.4, -0.2) is 50.7 Å². The molecule has 2 aliphatic rings. The molecule has 0 spiro atoms. The van der Waals surface area contributed by atoms with E-state index in [0.29, 0.717) is 19.0 Å². The molecule has 0 bridgehead atoms. The van der Waals surface area contributed by atoms with Crippen LogP contribution in [-0.2, 0) is 4.79 Å². The minimum atomic E-state index is -1.20. The van der Waals surface area contributed by atoms with Crippen LogP contribution >= 0.6 is 0 Å². The average molecular weight is 291 g/mol. The summed E-state index contributed by atoms with van der Waals surface area (Å²) in [6, 6.07) is 0. The highest BCUT2D eigenvalue weighted by Crippen LogP contribution is 2.40. The second-order valence-corrected chi connectivity index (χ2v) is 6.07. The summed E-state index contributed by atoms with van der Waals surface area (Å²) < 4.78 is 5.75. The summed E-state index contributed by atoms with van der Waals surface area (Å²) in [5.41, 5.74) is -1.20. The lowest BCUT2D eigenvalue weighted by Gasteiger charge is -2.36. The van der Waals surface area contributed by atoms with Gasteiger partial charge in [-0.3, -0.25) is 9.78 Å². The van der Waals surface area contributed by atoms with Gasteiger partial charge in [0.05, 0.1) is 6.20 Å². The van der Waals surface area contributed by atoms with E-state index in [4.69, 9.17) is 4.74 Å². The number of carbonyl (C=O) groups excluding carboxylic acids is 1. The molecule has 1 aliphatic carbocycles. The third-order valence-electron chi connectivity index (χ3n) is 4.36. The average Bonchev–Trinajstić information content (AvgIpc) is 3.33. The number of rotatable bonds is 4. The number of aliphatic hydroxyl groups is 1. The third-order valence-corrected chi connectivity index (χ3v) is 4.36. The van der Waals surface area contributed by atoms with E-state index in [1.807, 2.05) is 0 Å². The Kier molecular flexibility index (Phi) is 3.80. The van der Waals surface area contributed by atoms with Crippen LogP contribution in [0.1, 0.15) is 32.6 Å². The molecule has 1 saturated carbocycles. The molecule has 1 saturated heterocycles. The van der Waals surface area contributed by atoms with Crippen molar-refractivity contribution in [3.63, 3.8) is 0 Å². The molecule has 1 aliphatic heterocycles. The van der Waals surface area contributed by atoms with E-state index in [1.54, 1.807) is 30.4 Å². The summed E-state index contributed by atoms with van der Waals surface area (Å²) in [6.07, 6.45) is 8.25. The van der Waals surface area contributed by atoms with Crippen molar-refractivity contribution in [2.24, 2.45) is 5.92 Å². The maximum Gasteiger partial charge on any atom is 0.254 e. The van der Waals surface area contributed by atoms with Gasteiger partial charge in [0.25, 0.3) is 5.91 Å². The van der Waals surface area contributed by atoms with Crippen LogP contribution in [0, 0.1) is 5.92 Å². The Bertz CT molecular complexity index is 494. The Balaban J connectivity index is 1.52. The van der Waals surface area contributed by atoms with Gasteiger partial charge in [0.2, 0.25) is 5.88 Å². The number of nitrogens with zero attached hydrogens (tertiary/aromatic N) is 3. The monoisotopic (exact) mass is 291 g/mol. The quantitative estimate of drug-likeness (QED) is 0.896. The van der Waals surface area contributed by atoms with Gasteiger partial charge >= 0.3 is 0 Å². The lowest BCUT2D eigenvalue weighted by Crippen LogP contribution is -2.52. The van der Waals surface area contributed by atoms with Gasteiger partial charge in [-0.2, -0.15) is 0 Å². The van der Waals surface area contributed by atoms with Gasteiger partial charge in [0, 0.05) is 38.3 Å². The minimum Gasteiger partial charge on any atom is -0.473 e. The molecule has 2 heterocycles. The molecule has 6 nitrogen and oxygen atoms in total. The standard InChI is InChI=1S/C15H21N3O3/c1-15(20,11-2-3-11)14(19)18-8-4-12(5-9-18)21-13-10-16-6-7-17-13/h6-7,10-12,20H,2-5,8-9H2,1H3. The van der Waals surface area contributed by atoms with Crippen molar-refractivity contribution >= 4 is 5.91 Å². The molecule has 114 valence electrons. The fraction of sp³-hybridized carbons (Fsp3) is 0.667. The summed E-state index contributed by atoms with van der Waals surface area (Å²) in [5, 5.41) is 10.3. The number of piperidine rings is 1. The first-order valence-corrected chi connectivity index (χ1v) is 7.52. The first-order valence-electron chi connectivity index (χ1n) is 7.52. The van der Waals surface area contributed by atoms with E-state index >= 15 is 0 Å². The van der Waals surface area contributed by atoms with Gasteiger partial charge in [0.15, 0.2) is 0 Å². The van der Waals surface area contributed by atoms with Crippen molar-refractivity contribution in [3.05, 3.63) is 18.6 Å². The van der Waals surface area contributed by atoms with Gasteiger partial charge in [-0.05, 0) is 25.7 Å². The number of carbonyl (C=O) groups is 1. The lowest BCUT2D eigenvalue weighted by molar-refractivity contribution is -0.153. The van der Waals surface area contributed by atoms with Crippen molar-refractivity contribution in [2.45, 2.75) is 44.3 Å². The zero-order valence-electron chi connectivity index (χ0n) is 12.2. The number of aromatic nitrogens is 2. The fourth-order valence-corrected chi connectivity index (χ4v) is 2.83. The highest BCUT2D eigenvalue weighted by Gasteiger charge is 2.47. The third kappa shape index (κ3) is 3.15. The van der Waals surface area contributed by atoms with Gasteiger partial charge in [-0.25, -0.2) is 4.98 Å². The van der Waals surface area contributed by atoms with Crippen LogP contribution < -0.4 is 4.74 Å². The molecular formula is C15H21N3O3. The highest BCUT2D eigenvalue weighted by atomic mass is 16.5. The van der Waals surface area contributed by atoms with Crippen molar-refractivity contribution in [3.8, 4) is 5.88 Å². The predicted molar refractivity (Wildman–Crippen MR) is 75.6 cm³/mol. The zero-order chi connectivity index (χ0) is 14.9. The Morgan fingerprint density at radius 1 is 1.33 bits per heavy atom. The number of likely N-dealkylation sites (tertiary alicyclic amines) is 1. The molecule has 2 fully saturated rings. The van der Waals surface area contributed by atoms with E-state index in [0.717, 1.165) is 25.7 Å². The molecule has 1 unspecified atom stereocenters. The maximum atomic E-state index is 12.4. The Morgan fingerprint density at radius 3 is 2.62 bits per heavy atom. The van der Waals surface area contributed by atoms with E-state index in [2.05, 4.69) is 9.97 Å². The zero-order valence-corrected chi connectivity index (χ0v) is 12.2. The summed E-state index contributed by atoms with van der Waals surface area (Å²) in [7, 11) is 0. The van der Waals surface area contributed by atoms with Crippen molar-refractivity contribution < 1.29 is 14.6 Å². The Hall–Kier alpha value is -1.69. The molecule has 1 aromatic heterocycles. The van der Waals surface area contributed by atoms with Crippen molar-refractivity contribution in [2.75, 3.05) is 13.1 Å². The Morgan fingerprint density at radius 2 is 2.05 bits per heavy atom. The number of ether oxygens (including phenoxy) is 1. The van der Waals surface area contributed by atoms with Crippen LogP contribution in [0.25, 0.3) is 0 Å². The smallest absolute Gasteiger partial charge is 0.254 e. The fourth-order valence-electron chi connectivity index (χ4n) is 2.83. The van der Waals surface area contributed by atoms with Crippen LogP contribution in [0.5, 0.6) is 5.88 Å². The van der Waals surface area contributed by atoms with Gasteiger partial charge in [-0.1, -0.05) is 0 Å². The van der Waals surface area contributed by atoms with E-state index in [9.17, 15) is 9.90 Å². The number of amides is 1. The second kappa shape index (κ2) is 5.60. The summed E-state index contributed by atoms with van der Waals surface area (Å²) >= 11 is 0. The van der Waals surface area contributed by atoms with E-state index in [1.165, 1.54) is 0 Å². The molecular weight excluding hydrogens is 270 g/mol. The molecule has 1 N–H and O–H groups in total. The van der Waals surface area contributed by atoms with Gasteiger partial charge in [-0.15, -0.1) is 0 Å². The highest BCUT2D eigenvalue weighted by molar-refractivity contribution is 5.85. The first-order chi connectivity index (χ1) is 10.1. The topological polar surface area (TPSA) is 75.5 Å². The summed E-state index contributed by atoms with van der Waals surface area (Å²) in [5.74, 6) is 0.522. The van der Waals surface area contributed by atoms with Gasteiger partial charge in [0.1, 0.15) is 11.7 Å². The van der Waals surface area contributed by atoms with Gasteiger partial charge < -0.3 is 14.7 Å². The SMILES string of the molecule is CC(O)(C(=O)N1CCC(Oc2cnccn2)CC1)C1CC1. The molecule has 0 aromatic carbocycles. The molecule has 0 radical (unpaired) electrons. The van der Waals surface area contributed by atoms with Crippen LogP contribution in [0.2, 0.25) is 0 Å². The molecule has 1 aromatic rings. The molecule has 1 atom stereocenters. The lowest BCUT2D eigenvalue weighted by atomic mass is 9.97. The predicted octanol–water partition coefficient (Wildman–Crippen LogP) is 1.01. The summed E-state index contributed by atoms with van der Waals surface area (Å²) in [6.45, 7) is 2.88. The van der Waals surface area contributed by atoms with Crippen molar-refractivity contribution in [1.29, 1.82) is 0 Å². The summed E-state index contributed by atoms with van der Waals surface area (Å²) in [4.78, 5) is 22.2. The molecule has 1 amide bonds. The van der Waals surface area contributed by atoms with E-state index < -0.39 is 5.60 Å².